The molecule has 3 aromatic rings. The average Bonchev–Trinajstić information content (AvgIpc) is 2.80. The number of methoxy groups -OCH3 is 1. The Labute approximate surface area is 214 Å². The van der Waals surface area contributed by atoms with Crippen LogP contribution >= 0.6 is 0 Å². The van der Waals surface area contributed by atoms with Gasteiger partial charge in [0.25, 0.3) is 0 Å². The average molecular weight is 535 g/mol. The molecule has 4 nitrogen and oxygen atoms in total. The van der Waals surface area contributed by atoms with Gasteiger partial charge in [0, 0.05) is 16.8 Å². The van der Waals surface area contributed by atoms with Crippen molar-refractivity contribution < 1.29 is 40.9 Å². The van der Waals surface area contributed by atoms with Crippen LogP contribution in [0.5, 0.6) is 17.2 Å². The summed E-state index contributed by atoms with van der Waals surface area (Å²) in [5, 5.41) is 13.8. The molecule has 0 spiro atoms. The predicted molar refractivity (Wildman–Crippen MR) is 130 cm³/mol. The summed E-state index contributed by atoms with van der Waals surface area (Å²) in [7, 11) is 1.34. The molecular weight excluding hydrogens is 512 g/mol. The lowest BCUT2D eigenvalue weighted by Crippen LogP contribution is -2.32. The highest BCUT2D eigenvalue weighted by Gasteiger charge is 2.41. The molecule has 1 atom stereocenters. The number of anilines is 1. The van der Waals surface area contributed by atoms with Gasteiger partial charge in [-0.1, -0.05) is 12.1 Å². The van der Waals surface area contributed by atoms with Gasteiger partial charge >= 0.3 is 12.4 Å². The molecule has 0 bridgehead atoms. The van der Waals surface area contributed by atoms with Gasteiger partial charge in [0.1, 0.15) is 5.75 Å². The summed E-state index contributed by atoms with van der Waals surface area (Å²) < 4.78 is 94.0. The van der Waals surface area contributed by atoms with Gasteiger partial charge in [0.2, 0.25) is 0 Å². The standard InChI is InChI=1S/C28H23F6NO3/c1-13-12-26(2,3)35-18-6-5-17-22-20(8-7-19(36)25(22)37-4)38-24(23(17)21(13)18)14-9-15(27(29,30)31)11-16(10-14)28(32,33)34/h5-12,24,35-36H,1-4H3. The van der Waals surface area contributed by atoms with Crippen LogP contribution in [0, 0.1) is 0 Å². The maximum absolute atomic E-state index is 13.7. The summed E-state index contributed by atoms with van der Waals surface area (Å²) in [5.74, 6) is 0.0311. The Kier molecular flexibility index (Phi) is 5.67. The third kappa shape index (κ3) is 4.21. The zero-order valence-corrected chi connectivity index (χ0v) is 20.7. The Morgan fingerprint density at radius 2 is 1.55 bits per heavy atom. The number of benzene rings is 3. The maximum Gasteiger partial charge on any atom is 0.416 e. The van der Waals surface area contributed by atoms with E-state index < -0.39 is 35.1 Å². The molecule has 0 fully saturated rings. The van der Waals surface area contributed by atoms with Crippen molar-refractivity contribution in [3.63, 3.8) is 0 Å². The number of hydrogen-bond donors (Lipinski definition) is 2. The first-order valence-corrected chi connectivity index (χ1v) is 11.6. The maximum atomic E-state index is 13.7. The first kappa shape index (κ1) is 25.8. The lowest BCUT2D eigenvalue weighted by molar-refractivity contribution is -0.143. The van der Waals surface area contributed by atoms with Gasteiger partial charge in [-0.15, -0.1) is 0 Å². The van der Waals surface area contributed by atoms with Crippen LogP contribution in [0.2, 0.25) is 0 Å². The van der Waals surface area contributed by atoms with Crippen molar-refractivity contribution in [1.82, 2.24) is 0 Å². The van der Waals surface area contributed by atoms with Gasteiger partial charge < -0.3 is 19.9 Å². The molecule has 0 saturated carbocycles. The first-order valence-electron chi connectivity index (χ1n) is 11.6. The number of allylic oxidation sites excluding steroid dienone is 1. The molecule has 2 heterocycles. The Hall–Kier alpha value is -3.82. The number of rotatable bonds is 2. The summed E-state index contributed by atoms with van der Waals surface area (Å²) in [6.45, 7) is 5.69. The number of phenolic OH excluding ortho intramolecular Hbond substituents is 1. The molecule has 0 radical (unpaired) electrons. The van der Waals surface area contributed by atoms with Crippen LogP contribution in [0.1, 0.15) is 54.7 Å². The molecule has 1 unspecified atom stereocenters. The van der Waals surface area contributed by atoms with Crippen molar-refractivity contribution in [3.05, 3.63) is 76.4 Å². The molecule has 0 aliphatic carbocycles. The first-order chi connectivity index (χ1) is 17.6. The lowest BCUT2D eigenvalue weighted by atomic mass is 9.80. The van der Waals surface area contributed by atoms with Crippen LogP contribution in [-0.4, -0.2) is 17.8 Å². The fourth-order valence-electron chi connectivity index (χ4n) is 5.30. The molecule has 0 aromatic heterocycles. The minimum absolute atomic E-state index is 0.0768. The molecule has 2 aliphatic rings. The summed E-state index contributed by atoms with van der Waals surface area (Å²) in [6.07, 6.45) is -9.43. The largest absolute Gasteiger partial charge is 0.504 e. The van der Waals surface area contributed by atoms with E-state index in [1.807, 2.05) is 26.8 Å². The SMILES string of the molecule is COc1c(O)ccc2c1-c1ccc3c(c1C(c1cc(C(F)(F)F)cc(C(F)(F)F)c1)O2)C(C)=CC(C)(C)N3. The van der Waals surface area contributed by atoms with Crippen molar-refractivity contribution in [3.8, 4) is 28.4 Å². The van der Waals surface area contributed by atoms with Crippen LogP contribution in [-0.2, 0) is 12.4 Å². The zero-order valence-electron chi connectivity index (χ0n) is 20.7. The zero-order chi connectivity index (χ0) is 27.8. The number of alkyl halides is 6. The van der Waals surface area contributed by atoms with Crippen LogP contribution in [0.3, 0.4) is 0 Å². The molecule has 0 amide bonds. The lowest BCUT2D eigenvalue weighted by Gasteiger charge is -2.37. The fraction of sp³-hybridized carbons (Fsp3) is 0.286. The monoisotopic (exact) mass is 535 g/mol. The Balaban J connectivity index is 1.86. The number of halogens is 6. The van der Waals surface area contributed by atoms with E-state index in [1.165, 1.54) is 19.2 Å². The van der Waals surface area contributed by atoms with Gasteiger partial charge in [-0.05, 0) is 73.9 Å². The smallest absolute Gasteiger partial charge is 0.416 e. The highest BCUT2D eigenvalue weighted by molar-refractivity contribution is 5.92. The highest BCUT2D eigenvalue weighted by atomic mass is 19.4. The van der Waals surface area contributed by atoms with Crippen LogP contribution in [0.15, 0.2) is 48.5 Å². The molecule has 38 heavy (non-hydrogen) atoms. The van der Waals surface area contributed by atoms with Crippen molar-refractivity contribution in [2.45, 2.75) is 44.8 Å². The summed E-state index contributed by atoms with van der Waals surface area (Å²) in [4.78, 5) is 0. The number of nitrogens with one attached hydrogen (secondary N) is 1. The van der Waals surface area contributed by atoms with Gasteiger partial charge in [0.05, 0.1) is 29.3 Å². The van der Waals surface area contributed by atoms with Crippen molar-refractivity contribution >= 4 is 11.3 Å². The van der Waals surface area contributed by atoms with Crippen molar-refractivity contribution in [2.75, 3.05) is 12.4 Å². The topological polar surface area (TPSA) is 50.7 Å². The van der Waals surface area contributed by atoms with E-state index in [9.17, 15) is 31.4 Å². The quantitative estimate of drug-likeness (QED) is 0.325. The minimum Gasteiger partial charge on any atom is -0.504 e. The number of phenols is 1. The van der Waals surface area contributed by atoms with Crippen LogP contribution in [0.25, 0.3) is 16.7 Å². The van der Waals surface area contributed by atoms with E-state index in [0.29, 0.717) is 40.1 Å². The number of ether oxygens (including phenoxy) is 2. The molecule has 3 aromatic carbocycles. The van der Waals surface area contributed by atoms with Crippen molar-refractivity contribution in [1.29, 1.82) is 0 Å². The highest BCUT2D eigenvalue weighted by Crippen LogP contribution is 2.55. The van der Waals surface area contributed by atoms with Gasteiger partial charge in [-0.3, -0.25) is 0 Å². The second kappa shape index (κ2) is 8.34. The van der Waals surface area contributed by atoms with E-state index >= 15 is 0 Å². The van der Waals surface area contributed by atoms with Gasteiger partial charge in [0.15, 0.2) is 17.6 Å². The van der Waals surface area contributed by atoms with E-state index in [0.717, 1.165) is 5.57 Å². The Morgan fingerprint density at radius 3 is 2.13 bits per heavy atom. The second-order valence-corrected chi connectivity index (χ2v) is 9.95. The predicted octanol–water partition coefficient (Wildman–Crippen LogP) is 8.19. The Morgan fingerprint density at radius 1 is 0.921 bits per heavy atom. The molecular formula is C28H23F6NO3. The third-order valence-electron chi connectivity index (χ3n) is 6.67. The third-order valence-corrected chi connectivity index (χ3v) is 6.67. The van der Waals surface area contributed by atoms with E-state index in [4.69, 9.17) is 9.47 Å². The molecule has 5 rings (SSSR count). The van der Waals surface area contributed by atoms with E-state index in [-0.39, 0.29) is 28.9 Å². The molecule has 0 saturated heterocycles. The van der Waals surface area contributed by atoms with Crippen LogP contribution in [0.4, 0.5) is 32.0 Å². The molecule has 2 N–H and O–H groups in total. The number of hydrogen-bond acceptors (Lipinski definition) is 4. The Bertz CT molecular complexity index is 1460. The molecule has 10 heteroatoms. The summed E-state index contributed by atoms with van der Waals surface area (Å²) in [5.41, 5.74) is -0.452. The fourth-order valence-corrected chi connectivity index (χ4v) is 5.30. The van der Waals surface area contributed by atoms with E-state index in [2.05, 4.69) is 5.32 Å². The van der Waals surface area contributed by atoms with Gasteiger partial charge in [-0.2, -0.15) is 26.3 Å². The summed E-state index contributed by atoms with van der Waals surface area (Å²) >= 11 is 0. The second-order valence-electron chi connectivity index (χ2n) is 9.95. The van der Waals surface area contributed by atoms with Crippen LogP contribution < -0.4 is 14.8 Å². The number of fused-ring (bicyclic) bond motifs is 5. The number of aromatic hydroxyl groups is 1. The summed E-state index contributed by atoms with van der Waals surface area (Å²) in [6, 6.07) is 7.65. The van der Waals surface area contributed by atoms with E-state index in [1.54, 1.807) is 12.1 Å². The normalized spacial score (nSPS) is 17.8. The van der Waals surface area contributed by atoms with Gasteiger partial charge in [-0.25, -0.2) is 0 Å². The van der Waals surface area contributed by atoms with Crippen molar-refractivity contribution in [2.24, 2.45) is 0 Å². The molecule has 2 aliphatic heterocycles. The minimum atomic E-state index is -5.02. The molecule has 200 valence electrons.